The first kappa shape index (κ1) is 14.1. The Bertz CT molecular complexity index is 847. The molecule has 0 saturated carbocycles. The van der Waals surface area contributed by atoms with E-state index in [2.05, 4.69) is 32.8 Å². The SMILES string of the molecule is Cc1nn(C)cc1-c1cncn1Cc1ccc2c(c1)CCCO2. The van der Waals surface area contributed by atoms with Crippen LogP contribution in [0.25, 0.3) is 11.3 Å². The number of fused-ring (bicyclic) bond motifs is 1. The van der Waals surface area contributed by atoms with Crippen molar-refractivity contribution < 1.29 is 4.74 Å². The molecule has 2 aromatic heterocycles. The van der Waals surface area contributed by atoms with Crippen molar-refractivity contribution in [1.82, 2.24) is 19.3 Å². The van der Waals surface area contributed by atoms with Crippen LogP contribution in [0.2, 0.25) is 0 Å². The van der Waals surface area contributed by atoms with Gasteiger partial charge in [-0.2, -0.15) is 5.10 Å². The van der Waals surface area contributed by atoms with Crippen molar-refractivity contribution in [2.24, 2.45) is 7.05 Å². The molecule has 3 aromatic rings. The first-order chi connectivity index (χ1) is 11.2. The number of hydrogen-bond donors (Lipinski definition) is 0. The van der Waals surface area contributed by atoms with Crippen molar-refractivity contribution in [2.45, 2.75) is 26.3 Å². The molecule has 3 heterocycles. The number of aryl methyl sites for hydroxylation is 3. The van der Waals surface area contributed by atoms with Crippen LogP contribution in [-0.4, -0.2) is 25.9 Å². The lowest BCUT2D eigenvalue weighted by Crippen LogP contribution is -2.09. The van der Waals surface area contributed by atoms with Crippen LogP contribution >= 0.6 is 0 Å². The van der Waals surface area contributed by atoms with Crippen molar-refractivity contribution >= 4 is 0 Å². The lowest BCUT2D eigenvalue weighted by molar-refractivity contribution is 0.288. The smallest absolute Gasteiger partial charge is 0.122 e. The standard InChI is InChI=1S/C18H20N4O/c1-13-16(11-21(2)20-13)17-9-19-12-22(17)10-14-5-6-18-15(8-14)4-3-7-23-18/h5-6,8-9,11-12H,3-4,7,10H2,1-2H3. The minimum Gasteiger partial charge on any atom is -0.493 e. The number of benzene rings is 1. The second kappa shape index (κ2) is 5.57. The van der Waals surface area contributed by atoms with Gasteiger partial charge in [0.05, 0.1) is 30.5 Å². The molecule has 5 nitrogen and oxygen atoms in total. The highest BCUT2D eigenvalue weighted by atomic mass is 16.5. The summed E-state index contributed by atoms with van der Waals surface area (Å²) in [7, 11) is 1.95. The van der Waals surface area contributed by atoms with Crippen LogP contribution in [0.1, 0.15) is 23.2 Å². The van der Waals surface area contributed by atoms with E-state index in [1.165, 1.54) is 11.1 Å². The van der Waals surface area contributed by atoms with E-state index in [0.29, 0.717) is 0 Å². The lowest BCUT2D eigenvalue weighted by Gasteiger charge is -2.18. The Morgan fingerprint density at radius 1 is 1.30 bits per heavy atom. The van der Waals surface area contributed by atoms with Gasteiger partial charge in [-0.3, -0.25) is 4.68 Å². The van der Waals surface area contributed by atoms with Gasteiger partial charge in [0, 0.05) is 25.4 Å². The third-order valence-electron chi connectivity index (χ3n) is 4.33. The maximum Gasteiger partial charge on any atom is 0.122 e. The first-order valence-corrected chi connectivity index (χ1v) is 7.96. The van der Waals surface area contributed by atoms with E-state index < -0.39 is 0 Å². The third kappa shape index (κ3) is 2.63. The zero-order chi connectivity index (χ0) is 15.8. The number of rotatable bonds is 3. The number of nitrogens with zero attached hydrogens (tertiary/aromatic N) is 4. The van der Waals surface area contributed by atoms with E-state index in [1.807, 2.05) is 37.4 Å². The van der Waals surface area contributed by atoms with Gasteiger partial charge in [0.25, 0.3) is 0 Å². The van der Waals surface area contributed by atoms with Crippen LogP contribution in [0, 0.1) is 6.92 Å². The lowest BCUT2D eigenvalue weighted by atomic mass is 10.0. The third-order valence-corrected chi connectivity index (χ3v) is 4.33. The molecule has 0 saturated heterocycles. The molecule has 4 rings (SSSR count). The van der Waals surface area contributed by atoms with Gasteiger partial charge in [0.2, 0.25) is 0 Å². The molecule has 5 heteroatoms. The summed E-state index contributed by atoms with van der Waals surface area (Å²) in [6.45, 7) is 3.66. The molecule has 1 aromatic carbocycles. The minimum absolute atomic E-state index is 0.803. The second-order valence-corrected chi connectivity index (χ2v) is 6.10. The normalized spacial score (nSPS) is 13.7. The molecule has 0 spiro atoms. The maximum absolute atomic E-state index is 5.70. The summed E-state index contributed by atoms with van der Waals surface area (Å²) in [5.74, 6) is 1.04. The van der Waals surface area contributed by atoms with Gasteiger partial charge >= 0.3 is 0 Å². The molecule has 0 N–H and O–H groups in total. The molecule has 23 heavy (non-hydrogen) atoms. The molecule has 0 radical (unpaired) electrons. The van der Waals surface area contributed by atoms with Crippen LogP contribution in [-0.2, 0) is 20.0 Å². The van der Waals surface area contributed by atoms with Crippen LogP contribution in [0.4, 0.5) is 0 Å². The van der Waals surface area contributed by atoms with E-state index in [-0.39, 0.29) is 0 Å². The summed E-state index contributed by atoms with van der Waals surface area (Å²) in [6, 6.07) is 6.49. The summed E-state index contributed by atoms with van der Waals surface area (Å²) in [5.41, 5.74) is 5.84. The maximum atomic E-state index is 5.70. The molecule has 0 unspecified atom stereocenters. The number of imidazole rings is 1. The van der Waals surface area contributed by atoms with E-state index in [9.17, 15) is 0 Å². The average molecular weight is 308 g/mol. The average Bonchev–Trinajstić information content (AvgIpc) is 3.13. The van der Waals surface area contributed by atoms with E-state index in [1.54, 1.807) is 0 Å². The highest BCUT2D eigenvalue weighted by molar-refractivity contribution is 5.60. The second-order valence-electron chi connectivity index (χ2n) is 6.10. The Kier molecular flexibility index (Phi) is 3.41. The van der Waals surface area contributed by atoms with E-state index in [4.69, 9.17) is 4.74 Å². The quantitative estimate of drug-likeness (QED) is 0.747. The fraction of sp³-hybridized carbons (Fsp3) is 0.333. The van der Waals surface area contributed by atoms with Crippen molar-refractivity contribution in [3.8, 4) is 17.0 Å². The van der Waals surface area contributed by atoms with E-state index >= 15 is 0 Å². The molecule has 118 valence electrons. The van der Waals surface area contributed by atoms with Gasteiger partial charge in [-0.25, -0.2) is 4.98 Å². The van der Waals surface area contributed by atoms with Gasteiger partial charge in [-0.05, 0) is 37.0 Å². The predicted octanol–water partition coefficient (Wildman–Crippen LogP) is 2.97. The largest absolute Gasteiger partial charge is 0.493 e. The first-order valence-electron chi connectivity index (χ1n) is 7.96. The molecule has 1 aliphatic rings. The van der Waals surface area contributed by atoms with E-state index in [0.717, 1.165) is 48.7 Å². The molecule has 0 atom stereocenters. The monoisotopic (exact) mass is 308 g/mol. The molecular weight excluding hydrogens is 288 g/mol. The van der Waals surface area contributed by atoms with Crippen LogP contribution in [0.15, 0.2) is 36.9 Å². The molecule has 1 aliphatic heterocycles. The van der Waals surface area contributed by atoms with Crippen molar-refractivity contribution in [3.63, 3.8) is 0 Å². The van der Waals surface area contributed by atoms with Crippen molar-refractivity contribution in [1.29, 1.82) is 0 Å². The molecule has 0 bridgehead atoms. The topological polar surface area (TPSA) is 44.9 Å². The number of hydrogen-bond acceptors (Lipinski definition) is 3. The van der Waals surface area contributed by atoms with Crippen molar-refractivity contribution in [3.05, 3.63) is 53.7 Å². The Morgan fingerprint density at radius 2 is 2.22 bits per heavy atom. The highest BCUT2D eigenvalue weighted by Gasteiger charge is 2.13. The van der Waals surface area contributed by atoms with Crippen LogP contribution in [0.3, 0.4) is 0 Å². The highest BCUT2D eigenvalue weighted by Crippen LogP contribution is 2.27. The molecule has 0 aliphatic carbocycles. The zero-order valence-corrected chi connectivity index (χ0v) is 13.5. The van der Waals surface area contributed by atoms with Crippen LogP contribution in [0.5, 0.6) is 5.75 Å². The molecule has 0 fully saturated rings. The molecule has 0 amide bonds. The zero-order valence-electron chi connectivity index (χ0n) is 13.5. The summed E-state index contributed by atoms with van der Waals surface area (Å²) < 4.78 is 9.72. The fourth-order valence-electron chi connectivity index (χ4n) is 3.23. The fourth-order valence-corrected chi connectivity index (χ4v) is 3.23. The summed E-state index contributed by atoms with van der Waals surface area (Å²) in [6.07, 6.45) is 8.04. The predicted molar refractivity (Wildman–Crippen MR) is 88.5 cm³/mol. The Labute approximate surface area is 135 Å². The summed E-state index contributed by atoms with van der Waals surface area (Å²) in [4.78, 5) is 4.33. The number of aromatic nitrogens is 4. The minimum atomic E-state index is 0.803. The molecular formula is C18H20N4O. The van der Waals surface area contributed by atoms with Gasteiger partial charge in [0.15, 0.2) is 0 Å². The Hall–Kier alpha value is -2.56. The van der Waals surface area contributed by atoms with Gasteiger partial charge in [-0.15, -0.1) is 0 Å². The van der Waals surface area contributed by atoms with Gasteiger partial charge in [0.1, 0.15) is 5.75 Å². The van der Waals surface area contributed by atoms with Crippen molar-refractivity contribution in [2.75, 3.05) is 6.61 Å². The Balaban J connectivity index is 1.65. The van der Waals surface area contributed by atoms with Gasteiger partial charge in [-0.1, -0.05) is 12.1 Å². The van der Waals surface area contributed by atoms with Crippen LogP contribution < -0.4 is 4.74 Å². The Morgan fingerprint density at radius 3 is 3.04 bits per heavy atom. The summed E-state index contributed by atoms with van der Waals surface area (Å²) in [5, 5.41) is 4.43. The summed E-state index contributed by atoms with van der Waals surface area (Å²) >= 11 is 0. The number of ether oxygens (including phenoxy) is 1. The van der Waals surface area contributed by atoms with Gasteiger partial charge < -0.3 is 9.30 Å².